The van der Waals surface area contributed by atoms with Crippen molar-refractivity contribution >= 4 is 29.2 Å². The van der Waals surface area contributed by atoms with E-state index in [1.165, 1.54) is 19.3 Å². The number of rotatable bonds is 9. The number of carbonyl (C=O) groups excluding carboxylic acids is 1. The summed E-state index contributed by atoms with van der Waals surface area (Å²) >= 11 is 12.5. The summed E-state index contributed by atoms with van der Waals surface area (Å²) in [5.41, 5.74) is 5.91. The summed E-state index contributed by atoms with van der Waals surface area (Å²) in [6.45, 7) is 0.906. The second kappa shape index (κ2) is 13.7. The average Bonchev–Trinajstić information content (AvgIpc) is 3.42. The van der Waals surface area contributed by atoms with Gasteiger partial charge in [-0.2, -0.15) is 0 Å². The molecule has 4 bridgehead atoms. The smallest absolute Gasteiger partial charge is 0.315 e. The molecular weight excluding hydrogens is 659 g/mol. The topological polar surface area (TPSA) is 97.6 Å². The van der Waals surface area contributed by atoms with E-state index < -0.39 is 6.29 Å². The number of hydrogen-bond donors (Lipinski definition) is 3. The Morgan fingerprint density at radius 1 is 0.878 bits per heavy atom. The van der Waals surface area contributed by atoms with Gasteiger partial charge in [0.1, 0.15) is 5.15 Å². The monoisotopic (exact) mass is 700 g/mol. The third-order valence-corrected chi connectivity index (χ3v) is 11.9. The number of aromatic nitrogens is 2. The molecule has 0 unspecified atom stereocenters. The quantitative estimate of drug-likeness (QED) is 0.163. The van der Waals surface area contributed by atoms with Crippen molar-refractivity contribution in [1.29, 1.82) is 0 Å². The summed E-state index contributed by atoms with van der Waals surface area (Å²) in [4.78, 5) is 17.3. The first-order valence-electron chi connectivity index (χ1n) is 17.4. The second-order valence-corrected chi connectivity index (χ2v) is 15.3. The Morgan fingerprint density at radius 2 is 1.55 bits per heavy atom. The molecule has 0 radical (unpaired) electrons. The van der Waals surface area contributed by atoms with Crippen LogP contribution in [-0.2, 0) is 29.2 Å². The summed E-state index contributed by atoms with van der Waals surface area (Å²) in [5.74, 6) is 2.34. The average molecular weight is 702 g/mol. The predicted octanol–water partition coefficient (Wildman–Crippen LogP) is 8.36. The highest BCUT2D eigenvalue weighted by molar-refractivity contribution is 6.40. The van der Waals surface area contributed by atoms with Crippen molar-refractivity contribution in [3.63, 3.8) is 0 Å². The number of halogens is 2. The molecule has 3 aromatic carbocycles. The van der Waals surface area contributed by atoms with Gasteiger partial charge in [-0.1, -0.05) is 96.0 Å². The highest BCUT2D eigenvalue weighted by Gasteiger charge is 2.51. The second-order valence-electron chi connectivity index (χ2n) is 14.6. The summed E-state index contributed by atoms with van der Waals surface area (Å²) in [6, 6.07) is 24.2. The Hall–Kier alpha value is -3.40. The fourth-order valence-electron chi connectivity index (χ4n) is 9.22. The molecule has 49 heavy (non-hydrogen) atoms. The van der Waals surface area contributed by atoms with Crippen molar-refractivity contribution in [1.82, 2.24) is 20.2 Å². The lowest BCUT2D eigenvalue weighted by atomic mass is 9.53. The highest BCUT2D eigenvalue weighted by Crippen LogP contribution is 2.55. The number of carbonyl (C=O) groups is 1. The van der Waals surface area contributed by atoms with Crippen LogP contribution in [0.1, 0.15) is 79.6 Å². The van der Waals surface area contributed by atoms with Crippen molar-refractivity contribution in [3.05, 3.63) is 112 Å². The molecule has 2 heterocycles. The zero-order valence-electron chi connectivity index (χ0n) is 27.4. The van der Waals surface area contributed by atoms with Crippen molar-refractivity contribution in [3.8, 4) is 11.1 Å². The minimum Gasteiger partial charge on any atom is -0.392 e. The van der Waals surface area contributed by atoms with E-state index in [1.807, 2.05) is 48.5 Å². The van der Waals surface area contributed by atoms with E-state index in [-0.39, 0.29) is 35.5 Å². The first kappa shape index (κ1) is 32.8. The van der Waals surface area contributed by atoms with E-state index in [0.29, 0.717) is 24.7 Å². The Kier molecular flexibility index (Phi) is 9.18. The zero-order valence-corrected chi connectivity index (χ0v) is 28.9. The van der Waals surface area contributed by atoms with Crippen LogP contribution in [0.25, 0.3) is 11.1 Å². The Balaban J connectivity index is 0.964. The molecule has 3 atom stereocenters. The van der Waals surface area contributed by atoms with Crippen LogP contribution >= 0.6 is 23.2 Å². The third kappa shape index (κ3) is 6.99. The highest BCUT2D eigenvalue weighted by atomic mass is 35.5. The molecule has 0 spiro atoms. The molecule has 1 saturated heterocycles. The van der Waals surface area contributed by atoms with E-state index in [4.69, 9.17) is 32.7 Å². The number of ether oxygens (including phenoxy) is 2. The number of amides is 2. The molecule has 1 aliphatic heterocycles. The van der Waals surface area contributed by atoms with E-state index in [1.54, 1.807) is 10.9 Å². The molecule has 4 saturated carbocycles. The fraction of sp³-hybridized carbons (Fsp3) is 0.436. The van der Waals surface area contributed by atoms with Gasteiger partial charge >= 0.3 is 6.03 Å². The molecule has 256 valence electrons. The maximum absolute atomic E-state index is 13.2. The molecule has 2 amide bonds. The van der Waals surface area contributed by atoms with Crippen molar-refractivity contribution < 1.29 is 19.4 Å². The van der Waals surface area contributed by atoms with Crippen LogP contribution in [-0.4, -0.2) is 32.3 Å². The van der Waals surface area contributed by atoms with Crippen LogP contribution in [0.2, 0.25) is 10.3 Å². The van der Waals surface area contributed by atoms with Gasteiger partial charge in [-0.05, 0) is 84.1 Å². The number of imidazole rings is 1. The van der Waals surface area contributed by atoms with Gasteiger partial charge in [-0.15, -0.1) is 0 Å². The van der Waals surface area contributed by atoms with Crippen LogP contribution in [0.15, 0.2) is 79.1 Å². The van der Waals surface area contributed by atoms with E-state index in [0.717, 1.165) is 70.4 Å². The van der Waals surface area contributed by atoms with Gasteiger partial charge in [0, 0.05) is 24.1 Å². The van der Waals surface area contributed by atoms with Crippen molar-refractivity contribution in [2.24, 2.45) is 17.8 Å². The minimum absolute atomic E-state index is 0.0133. The minimum atomic E-state index is -0.613. The maximum Gasteiger partial charge on any atom is 0.315 e. The SMILES string of the molecule is O=C(NCc1ccccc1-c1ccc([C@@H]2O[C@H](Cn3cnc(Cl)c3Cl)C[C@H](c3ccc(CO)cc3)O2)cc1)NC12CC3CC(CC(C3)C1)C2. The van der Waals surface area contributed by atoms with E-state index in [2.05, 4.69) is 39.9 Å². The Labute approximate surface area is 297 Å². The Morgan fingerprint density at radius 3 is 2.20 bits per heavy atom. The van der Waals surface area contributed by atoms with Gasteiger partial charge < -0.3 is 29.8 Å². The first-order chi connectivity index (χ1) is 23.8. The van der Waals surface area contributed by atoms with Crippen LogP contribution in [0, 0.1) is 17.8 Å². The lowest BCUT2D eigenvalue weighted by Crippen LogP contribution is -2.61. The lowest BCUT2D eigenvalue weighted by molar-refractivity contribution is -0.252. The fourth-order valence-corrected chi connectivity index (χ4v) is 9.54. The number of benzene rings is 3. The van der Waals surface area contributed by atoms with Crippen LogP contribution in [0.4, 0.5) is 4.79 Å². The first-order valence-corrected chi connectivity index (χ1v) is 18.2. The van der Waals surface area contributed by atoms with Crippen molar-refractivity contribution in [2.75, 3.05) is 0 Å². The molecule has 5 fully saturated rings. The number of urea groups is 1. The molecular formula is C39H42Cl2N4O4. The van der Waals surface area contributed by atoms with Gasteiger partial charge in [-0.3, -0.25) is 0 Å². The van der Waals surface area contributed by atoms with Crippen LogP contribution < -0.4 is 10.6 Å². The molecule has 4 aromatic rings. The summed E-state index contributed by atoms with van der Waals surface area (Å²) < 4.78 is 14.8. The molecule has 9 rings (SSSR count). The van der Waals surface area contributed by atoms with Gasteiger partial charge in [-0.25, -0.2) is 9.78 Å². The van der Waals surface area contributed by atoms with Gasteiger partial charge in [0.2, 0.25) is 0 Å². The molecule has 8 nitrogen and oxygen atoms in total. The number of hydrogen-bond acceptors (Lipinski definition) is 5. The van der Waals surface area contributed by atoms with Gasteiger partial charge in [0.25, 0.3) is 0 Å². The third-order valence-electron chi connectivity index (χ3n) is 11.1. The summed E-state index contributed by atoms with van der Waals surface area (Å²) in [6.07, 6.45) is 8.61. The summed E-state index contributed by atoms with van der Waals surface area (Å²) in [7, 11) is 0. The zero-order chi connectivity index (χ0) is 33.5. The van der Waals surface area contributed by atoms with E-state index >= 15 is 0 Å². The predicted molar refractivity (Wildman–Crippen MR) is 189 cm³/mol. The molecule has 3 N–H and O–H groups in total. The Bertz CT molecular complexity index is 1760. The van der Waals surface area contributed by atoms with Crippen molar-refractivity contribution in [2.45, 2.75) is 88.7 Å². The number of nitrogens with zero attached hydrogens (tertiary/aromatic N) is 2. The van der Waals surface area contributed by atoms with Crippen LogP contribution in [0.5, 0.6) is 0 Å². The largest absolute Gasteiger partial charge is 0.392 e. The lowest BCUT2D eigenvalue weighted by Gasteiger charge is -2.56. The standard InChI is InChI=1S/C39H42Cl2N4O4/c40-35-36(41)45(23-43-35)21-32-16-34(29-7-5-24(22-46)6-8-29)49-37(48-32)30-11-9-28(10-12-30)33-4-2-1-3-31(33)20-42-38(47)44-39-17-25-13-26(18-39)15-27(14-25)19-39/h1-12,23,25-27,32,34,37,46H,13-22H2,(H2,42,44,47)/t25?,26?,27?,32-,34+,37+,39?/m0/s1. The molecule has 10 heteroatoms. The number of aliphatic hydroxyl groups is 1. The van der Waals surface area contributed by atoms with Gasteiger partial charge in [0.05, 0.1) is 31.7 Å². The number of aliphatic hydroxyl groups excluding tert-OH is 1. The molecule has 4 aliphatic carbocycles. The number of nitrogens with one attached hydrogen (secondary N) is 2. The maximum atomic E-state index is 13.2. The van der Waals surface area contributed by atoms with E-state index in [9.17, 15) is 9.90 Å². The molecule has 5 aliphatic rings. The summed E-state index contributed by atoms with van der Waals surface area (Å²) in [5, 5.41) is 16.8. The van der Waals surface area contributed by atoms with Crippen LogP contribution in [0.3, 0.4) is 0 Å². The van der Waals surface area contributed by atoms with Gasteiger partial charge in [0.15, 0.2) is 11.4 Å². The molecule has 1 aromatic heterocycles. The normalized spacial score (nSPS) is 28.8.